The van der Waals surface area contributed by atoms with Gasteiger partial charge < -0.3 is 10.5 Å². The Morgan fingerprint density at radius 1 is 1.45 bits per heavy atom. The average Bonchev–Trinajstić information content (AvgIpc) is 2.05. The molecule has 0 radical (unpaired) electrons. The molecule has 2 N–H and O–H groups in total. The third-order valence-electron chi connectivity index (χ3n) is 1.27. The van der Waals surface area contributed by atoms with Gasteiger partial charge in [-0.05, 0) is 13.0 Å². The first-order valence-corrected chi connectivity index (χ1v) is 3.61. The van der Waals surface area contributed by atoms with E-state index in [1.54, 1.807) is 12.2 Å². The lowest BCUT2D eigenvalue weighted by molar-refractivity contribution is 0.240. The van der Waals surface area contributed by atoms with Gasteiger partial charge >= 0.3 is 0 Å². The highest BCUT2D eigenvalue weighted by atomic mass is 16.5. The molecule has 0 atom stereocenters. The first-order valence-electron chi connectivity index (χ1n) is 3.61. The lowest BCUT2D eigenvalue weighted by Crippen LogP contribution is -2.05. The molecule has 0 aliphatic heterocycles. The van der Waals surface area contributed by atoms with Gasteiger partial charge in [-0.15, -0.1) is 0 Å². The molecule has 0 aromatic carbocycles. The highest BCUT2D eigenvalue weighted by molar-refractivity contribution is 5.27. The second kappa shape index (κ2) is 5.74. The topological polar surface area (TPSA) is 35.2 Å². The minimum absolute atomic E-state index is 0.435. The van der Waals surface area contributed by atoms with Gasteiger partial charge in [-0.3, -0.25) is 0 Å². The molecule has 0 aromatic heterocycles. The van der Waals surface area contributed by atoms with E-state index in [4.69, 9.17) is 10.5 Å². The quantitative estimate of drug-likeness (QED) is 0.481. The molecular weight excluding hydrogens is 138 g/mol. The number of hydrogen-bond acceptors (Lipinski definition) is 2. The third-order valence-corrected chi connectivity index (χ3v) is 1.27. The summed E-state index contributed by atoms with van der Waals surface area (Å²) in [5.74, 6) is 0.727. The Balaban J connectivity index is 4.46. The van der Waals surface area contributed by atoms with Crippen LogP contribution in [0.4, 0.5) is 0 Å². The van der Waals surface area contributed by atoms with E-state index < -0.39 is 0 Å². The van der Waals surface area contributed by atoms with Gasteiger partial charge in [0, 0.05) is 12.1 Å². The Morgan fingerprint density at radius 2 is 2.09 bits per heavy atom. The van der Waals surface area contributed by atoms with Crippen LogP contribution in [0.2, 0.25) is 0 Å². The number of allylic oxidation sites excluding steroid dienone is 1. The molecule has 0 heterocycles. The van der Waals surface area contributed by atoms with Crippen LogP contribution < -0.4 is 5.73 Å². The molecule has 0 fully saturated rings. The zero-order chi connectivity index (χ0) is 8.69. The zero-order valence-electron chi connectivity index (χ0n) is 6.97. The van der Waals surface area contributed by atoms with Crippen molar-refractivity contribution in [3.05, 3.63) is 36.6 Å². The molecule has 62 valence electrons. The smallest absolute Gasteiger partial charge is 0.123 e. The summed E-state index contributed by atoms with van der Waals surface area (Å²) < 4.78 is 5.25. The molecular formula is C9H15NO. The minimum atomic E-state index is 0.435. The van der Waals surface area contributed by atoms with Crippen LogP contribution in [0.5, 0.6) is 0 Å². The van der Waals surface area contributed by atoms with Gasteiger partial charge in [0.2, 0.25) is 0 Å². The van der Waals surface area contributed by atoms with E-state index in [1.807, 2.05) is 6.92 Å². The van der Waals surface area contributed by atoms with E-state index in [-0.39, 0.29) is 0 Å². The van der Waals surface area contributed by atoms with Gasteiger partial charge in [0.25, 0.3) is 0 Å². The van der Waals surface area contributed by atoms with E-state index in [0.29, 0.717) is 13.2 Å². The first-order chi connectivity index (χ1) is 5.29. The Hall–Kier alpha value is -1.02. The van der Waals surface area contributed by atoms with E-state index in [2.05, 4.69) is 13.2 Å². The average molecular weight is 153 g/mol. The molecule has 2 nitrogen and oxygen atoms in total. The molecule has 0 rings (SSSR count). The maximum atomic E-state index is 5.43. The second-order valence-corrected chi connectivity index (χ2v) is 1.93. The van der Waals surface area contributed by atoms with Crippen molar-refractivity contribution < 1.29 is 4.74 Å². The van der Waals surface area contributed by atoms with Crippen LogP contribution in [0.3, 0.4) is 0 Å². The zero-order valence-corrected chi connectivity index (χ0v) is 6.97. The number of nitrogens with two attached hydrogens (primary N) is 1. The summed E-state index contributed by atoms with van der Waals surface area (Å²) in [4.78, 5) is 0. The van der Waals surface area contributed by atoms with Gasteiger partial charge in [-0.1, -0.05) is 19.2 Å². The molecule has 0 spiro atoms. The van der Waals surface area contributed by atoms with Crippen molar-refractivity contribution in [2.45, 2.75) is 6.92 Å². The standard InChI is InChI=1S/C9H15NO/c1-4-8(7-10)9(5-2)11-6-3/h4-5H,1-2,6-7,10H2,3H3/b9-8-. The van der Waals surface area contributed by atoms with Crippen LogP contribution in [0, 0.1) is 0 Å². The molecule has 0 aliphatic carbocycles. The fourth-order valence-electron chi connectivity index (χ4n) is 0.723. The van der Waals surface area contributed by atoms with Gasteiger partial charge in [-0.2, -0.15) is 0 Å². The van der Waals surface area contributed by atoms with Gasteiger partial charge in [0.15, 0.2) is 0 Å². The minimum Gasteiger partial charge on any atom is -0.494 e. The van der Waals surface area contributed by atoms with Crippen molar-refractivity contribution in [3.63, 3.8) is 0 Å². The van der Waals surface area contributed by atoms with Gasteiger partial charge in [0.1, 0.15) is 5.76 Å². The molecule has 11 heavy (non-hydrogen) atoms. The molecule has 0 saturated carbocycles. The van der Waals surface area contributed by atoms with Crippen molar-refractivity contribution in [1.29, 1.82) is 0 Å². The summed E-state index contributed by atoms with van der Waals surface area (Å²) in [6.07, 6.45) is 3.33. The fraction of sp³-hybridized carbons (Fsp3) is 0.333. The van der Waals surface area contributed by atoms with E-state index in [0.717, 1.165) is 11.3 Å². The molecule has 0 saturated heterocycles. The predicted molar refractivity (Wildman–Crippen MR) is 48.1 cm³/mol. The van der Waals surface area contributed by atoms with Crippen LogP contribution in [0.25, 0.3) is 0 Å². The molecule has 0 unspecified atom stereocenters. The molecule has 0 amide bonds. The van der Waals surface area contributed by atoms with Crippen molar-refractivity contribution >= 4 is 0 Å². The van der Waals surface area contributed by atoms with Crippen LogP contribution in [-0.2, 0) is 4.74 Å². The summed E-state index contributed by atoms with van der Waals surface area (Å²) in [7, 11) is 0. The van der Waals surface area contributed by atoms with Crippen molar-refractivity contribution in [1.82, 2.24) is 0 Å². The van der Waals surface area contributed by atoms with E-state index in [9.17, 15) is 0 Å². The van der Waals surface area contributed by atoms with Crippen molar-refractivity contribution in [2.75, 3.05) is 13.2 Å². The summed E-state index contributed by atoms with van der Waals surface area (Å²) >= 11 is 0. The lowest BCUT2D eigenvalue weighted by atomic mass is 10.2. The number of hydrogen-bond donors (Lipinski definition) is 1. The third kappa shape index (κ3) is 3.05. The molecule has 0 aromatic rings. The van der Waals surface area contributed by atoms with Crippen LogP contribution in [-0.4, -0.2) is 13.2 Å². The lowest BCUT2D eigenvalue weighted by Gasteiger charge is -2.06. The maximum absolute atomic E-state index is 5.43. The first kappa shape index (κ1) is 9.98. The second-order valence-electron chi connectivity index (χ2n) is 1.93. The monoisotopic (exact) mass is 153 g/mol. The van der Waals surface area contributed by atoms with E-state index in [1.165, 1.54) is 0 Å². The molecule has 0 aliphatic rings. The summed E-state index contributed by atoms with van der Waals surface area (Å²) in [5, 5.41) is 0. The highest BCUT2D eigenvalue weighted by Crippen LogP contribution is 2.06. The van der Waals surface area contributed by atoms with Crippen molar-refractivity contribution in [2.24, 2.45) is 5.73 Å². The van der Waals surface area contributed by atoms with Gasteiger partial charge in [0.05, 0.1) is 6.61 Å². The van der Waals surface area contributed by atoms with Crippen LogP contribution in [0.15, 0.2) is 36.6 Å². The Kier molecular flexibility index (Phi) is 5.21. The van der Waals surface area contributed by atoms with Gasteiger partial charge in [-0.25, -0.2) is 0 Å². The molecule has 0 bridgehead atoms. The normalized spacial score (nSPS) is 11.8. The predicted octanol–water partition coefficient (Wildman–Crippen LogP) is 1.61. The summed E-state index contributed by atoms with van der Waals surface area (Å²) in [5.41, 5.74) is 6.32. The maximum Gasteiger partial charge on any atom is 0.123 e. The van der Waals surface area contributed by atoms with Crippen LogP contribution >= 0.6 is 0 Å². The Morgan fingerprint density at radius 3 is 2.36 bits per heavy atom. The Bertz CT molecular complexity index is 170. The highest BCUT2D eigenvalue weighted by Gasteiger charge is 1.97. The SMILES string of the molecule is C=C/C(CN)=C(\C=C)OCC. The summed E-state index contributed by atoms with van der Waals surface area (Å²) in [6.45, 7) is 10.2. The summed E-state index contributed by atoms with van der Waals surface area (Å²) in [6, 6.07) is 0. The largest absolute Gasteiger partial charge is 0.494 e. The number of rotatable bonds is 5. The Labute approximate surface area is 68.0 Å². The molecule has 2 heteroatoms. The fourth-order valence-corrected chi connectivity index (χ4v) is 0.723. The van der Waals surface area contributed by atoms with Crippen molar-refractivity contribution in [3.8, 4) is 0 Å². The van der Waals surface area contributed by atoms with Crippen LogP contribution in [0.1, 0.15) is 6.92 Å². The van der Waals surface area contributed by atoms with E-state index >= 15 is 0 Å². The number of ether oxygens (including phenoxy) is 1.